The first-order valence-electron chi connectivity index (χ1n) is 8.19. The molecule has 0 radical (unpaired) electrons. The van der Waals surface area contributed by atoms with E-state index in [0.29, 0.717) is 18.0 Å². The van der Waals surface area contributed by atoms with E-state index in [-0.39, 0.29) is 5.60 Å². The van der Waals surface area contributed by atoms with Gasteiger partial charge in [0.15, 0.2) is 0 Å². The average Bonchev–Trinajstić information content (AvgIpc) is 2.81. The van der Waals surface area contributed by atoms with E-state index in [4.69, 9.17) is 4.18 Å². The minimum Gasteiger partial charge on any atom is -0.462 e. The van der Waals surface area contributed by atoms with E-state index >= 15 is 0 Å². The van der Waals surface area contributed by atoms with Crippen LogP contribution in [0.1, 0.15) is 54.4 Å². The molecule has 5 heteroatoms. The highest BCUT2D eigenvalue weighted by molar-refractivity contribution is 7.93. The first kappa shape index (κ1) is 21.7. The van der Waals surface area contributed by atoms with E-state index in [2.05, 4.69) is 23.6 Å². The number of rotatable bonds is 3. The van der Waals surface area contributed by atoms with E-state index < -0.39 is 0 Å². The van der Waals surface area contributed by atoms with Crippen LogP contribution in [0.2, 0.25) is 0 Å². The fourth-order valence-corrected chi connectivity index (χ4v) is 3.69. The molecule has 2 rings (SSSR count). The first-order valence-corrected chi connectivity index (χ1v) is 9.34. The topological polar surface area (TPSA) is 38.8 Å². The van der Waals surface area contributed by atoms with E-state index in [1.807, 2.05) is 40.9 Å². The summed E-state index contributed by atoms with van der Waals surface area (Å²) in [4.78, 5) is 12.1. The highest BCUT2D eigenvalue weighted by Gasteiger charge is 2.49. The lowest BCUT2D eigenvalue weighted by atomic mass is 9.83. The van der Waals surface area contributed by atoms with E-state index in [0.717, 1.165) is 5.92 Å². The van der Waals surface area contributed by atoms with Crippen LogP contribution in [0.25, 0.3) is 0 Å². The summed E-state index contributed by atoms with van der Waals surface area (Å²) in [7, 11) is 2.23. The zero-order valence-electron chi connectivity index (χ0n) is 15.6. The molecule has 1 unspecified atom stereocenters. The van der Waals surface area contributed by atoms with Crippen LogP contribution < -0.4 is 0 Å². The third-order valence-corrected chi connectivity index (χ3v) is 4.49. The van der Waals surface area contributed by atoms with Crippen LogP contribution in [0, 0.1) is 11.3 Å². The number of hydrogen-bond acceptors (Lipinski definition) is 5. The van der Waals surface area contributed by atoms with Crippen molar-refractivity contribution in [2.24, 2.45) is 11.3 Å². The van der Waals surface area contributed by atoms with Crippen LogP contribution in [0.15, 0.2) is 0 Å². The molecule has 0 aromatic heterocycles. The summed E-state index contributed by atoms with van der Waals surface area (Å²) in [5, 5.41) is 0. The third-order valence-electron chi connectivity index (χ3n) is 4.02. The molecule has 22 heavy (non-hydrogen) atoms. The van der Waals surface area contributed by atoms with Gasteiger partial charge in [0.2, 0.25) is 0 Å². The lowest BCUT2D eigenvalue weighted by Crippen LogP contribution is -2.23. The van der Waals surface area contributed by atoms with Gasteiger partial charge >= 0.3 is 0 Å². The molecule has 3 atom stereocenters. The van der Waals surface area contributed by atoms with Gasteiger partial charge in [-0.1, -0.05) is 20.8 Å². The van der Waals surface area contributed by atoms with Gasteiger partial charge in [-0.05, 0) is 64.0 Å². The second-order valence-corrected chi connectivity index (χ2v) is 7.72. The maximum atomic E-state index is 9.60. The van der Waals surface area contributed by atoms with Crippen molar-refractivity contribution in [1.82, 2.24) is 4.90 Å². The molecule has 0 aromatic carbocycles. The van der Waals surface area contributed by atoms with E-state index in [9.17, 15) is 4.79 Å². The third kappa shape index (κ3) is 7.34. The Hall–Kier alpha value is -0.260. The summed E-state index contributed by atoms with van der Waals surface area (Å²) in [6.07, 6.45) is 5.05. The van der Waals surface area contributed by atoms with Gasteiger partial charge in [0.05, 0.1) is 6.10 Å². The molecule has 0 aromatic rings. The number of hydrogen-bond donors (Lipinski definition) is 0. The van der Waals surface area contributed by atoms with E-state index in [1.165, 1.54) is 38.0 Å². The van der Waals surface area contributed by atoms with Crippen molar-refractivity contribution in [2.45, 2.75) is 66.1 Å². The van der Waals surface area contributed by atoms with Crippen molar-refractivity contribution in [3.8, 4) is 0 Å². The Morgan fingerprint density at radius 3 is 2.27 bits per heavy atom. The second kappa shape index (κ2) is 9.78. The summed E-state index contributed by atoms with van der Waals surface area (Å²) in [5.41, 5.74) is 0.219. The molecule has 4 nitrogen and oxygen atoms in total. The second-order valence-electron chi connectivity index (χ2n) is 7.20. The number of fused-ring (bicyclic) bond motifs is 1. The molecule has 1 aliphatic heterocycles. The van der Waals surface area contributed by atoms with Crippen molar-refractivity contribution in [3.63, 3.8) is 0 Å². The fourth-order valence-electron chi connectivity index (χ4n) is 3.27. The van der Waals surface area contributed by atoms with Crippen molar-refractivity contribution < 1.29 is 13.7 Å². The fraction of sp³-hybridized carbons (Fsp3) is 0.941. The lowest BCUT2D eigenvalue weighted by molar-refractivity contribution is -0.138. The lowest BCUT2D eigenvalue weighted by Gasteiger charge is -2.22. The zero-order valence-corrected chi connectivity index (χ0v) is 16.5. The summed E-state index contributed by atoms with van der Waals surface area (Å²) in [5.74, 6) is 0.870. The molecule has 0 bridgehead atoms. The number of carbonyl (C=O) groups excluding carboxylic acids is 1. The summed E-state index contributed by atoms with van der Waals surface area (Å²) in [6.45, 7) is 14.9. The Labute approximate surface area is 141 Å². The largest absolute Gasteiger partial charge is 0.462 e. The molecule has 0 spiro atoms. The average molecular weight is 334 g/mol. The smallest absolute Gasteiger partial charge is 0.293 e. The highest BCUT2D eigenvalue weighted by Crippen LogP contribution is 2.49. The highest BCUT2D eigenvalue weighted by atomic mass is 32.2. The summed E-state index contributed by atoms with van der Waals surface area (Å²) >= 11 is 1.52. The molecular weight excluding hydrogens is 298 g/mol. The molecule has 0 N–H and O–H groups in total. The van der Waals surface area contributed by atoms with Crippen LogP contribution in [-0.4, -0.2) is 49.5 Å². The summed E-state index contributed by atoms with van der Waals surface area (Å²) < 4.78 is 10.2. The van der Waals surface area contributed by atoms with Crippen molar-refractivity contribution in [1.29, 1.82) is 0 Å². The Bertz CT molecular complexity index is 320. The number of nitrogens with zero attached hydrogens (tertiary/aromatic N) is 1. The van der Waals surface area contributed by atoms with Crippen LogP contribution in [0.3, 0.4) is 0 Å². The molecule has 0 amide bonds. The van der Waals surface area contributed by atoms with Gasteiger partial charge in [-0.15, -0.1) is 0 Å². The first-order chi connectivity index (χ1) is 10.2. The maximum Gasteiger partial charge on any atom is 0.293 e. The predicted octanol–water partition coefficient (Wildman–Crippen LogP) is 4.00. The monoisotopic (exact) mass is 333 g/mol. The number of carbonyl (C=O) groups is 1. The number of likely N-dealkylation sites (tertiary alicyclic amines) is 1. The molecule has 1 saturated carbocycles. The molecule has 1 heterocycles. The molecular formula is C17H35NO3S. The van der Waals surface area contributed by atoms with Crippen LogP contribution in [-0.2, 0) is 13.7 Å². The van der Waals surface area contributed by atoms with Gasteiger partial charge in [0.25, 0.3) is 6.47 Å². The van der Waals surface area contributed by atoms with Gasteiger partial charge in [0.1, 0.15) is 5.60 Å². The SMILES string of the molecule is CC.CC(C)(C)OC=O.CSOC1C[C@@H]2CN(C)C[C@]2(C)C1. The van der Waals surface area contributed by atoms with Gasteiger partial charge in [0, 0.05) is 19.3 Å². The van der Waals surface area contributed by atoms with Crippen molar-refractivity contribution >= 4 is 18.5 Å². The van der Waals surface area contributed by atoms with Crippen molar-refractivity contribution in [2.75, 3.05) is 26.4 Å². The van der Waals surface area contributed by atoms with Gasteiger partial charge in [-0.2, -0.15) is 0 Å². The minimum atomic E-state index is -0.318. The van der Waals surface area contributed by atoms with Crippen LogP contribution in [0.5, 0.6) is 0 Å². The molecule has 2 aliphatic rings. The summed E-state index contributed by atoms with van der Waals surface area (Å²) in [6, 6.07) is 0. The Morgan fingerprint density at radius 1 is 1.32 bits per heavy atom. The number of ether oxygens (including phenoxy) is 1. The quantitative estimate of drug-likeness (QED) is 0.577. The Balaban J connectivity index is 0.000000421. The van der Waals surface area contributed by atoms with Crippen LogP contribution in [0.4, 0.5) is 0 Å². The molecule has 132 valence electrons. The Morgan fingerprint density at radius 2 is 1.91 bits per heavy atom. The molecule has 2 fully saturated rings. The maximum absolute atomic E-state index is 9.60. The van der Waals surface area contributed by atoms with Gasteiger partial charge in [-0.3, -0.25) is 4.79 Å². The van der Waals surface area contributed by atoms with Crippen LogP contribution >= 0.6 is 12.0 Å². The van der Waals surface area contributed by atoms with Gasteiger partial charge in [-0.25, -0.2) is 0 Å². The standard InChI is InChI=1S/C10H19NOS.C5H10O2.C2H6/c1-10-5-9(12-13-3)4-8(10)6-11(2)7-10;1-5(2,3)7-4-6;1-2/h8-9H,4-7H2,1-3H3;4H,1-3H3;1-2H3/t8-,9?,10+;;/m1../s1. The zero-order chi connectivity index (χ0) is 17.4. The van der Waals surface area contributed by atoms with Crippen molar-refractivity contribution in [3.05, 3.63) is 0 Å². The van der Waals surface area contributed by atoms with Gasteiger partial charge < -0.3 is 13.8 Å². The predicted molar refractivity (Wildman–Crippen MR) is 95.0 cm³/mol. The van der Waals surface area contributed by atoms with E-state index in [1.54, 1.807) is 0 Å². The molecule has 1 aliphatic carbocycles. The Kier molecular flexibility index (Phi) is 9.67. The molecule has 1 saturated heterocycles. The minimum absolute atomic E-state index is 0.318. The normalized spacial score (nSPS) is 30.5.